The highest BCUT2D eigenvalue weighted by atomic mass is 32.2. The molecule has 1 aliphatic heterocycles. The van der Waals surface area contributed by atoms with E-state index in [1.807, 2.05) is 0 Å². The fourth-order valence-electron chi connectivity index (χ4n) is 3.12. The van der Waals surface area contributed by atoms with Gasteiger partial charge in [-0.3, -0.25) is 4.79 Å². The number of nitrogens with one attached hydrogen (secondary N) is 1. The Balaban J connectivity index is 1.71. The molecule has 1 aliphatic carbocycles. The van der Waals surface area contributed by atoms with Gasteiger partial charge in [0.2, 0.25) is 5.91 Å². The molecule has 2 rings (SSSR count). The summed E-state index contributed by atoms with van der Waals surface area (Å²) in [4.78, 5) is 14.0. The predicted octanol–water partition coefficient (Wildman–Crippen LogP) is 2.12. The summed E-state index contributed by atoms with van der Waals surface area (Å²) < 4.78 is 0.563. The van der Waals surface area contributed by atoms with E-state index in [1.54, 1.807) is 7.05 Å². The first-order chi connectivity index (χ1) is 8.67. The van der Waals surface area contributed by atoms with Crippen molar-refractivity contribution in [3.63, 3.8) is 0 Å². The van der Waals surface area contributed by atoms with Gasteiger partial charge in [-0.15, -0.1) is 0 Å². The summed E-state index contributed by atoms with van der Waals surface area (Å²) in [6.45, 7) is 3.63. The molecule has 104 valence electrons. The minimum atomic E-state index is 0.202. The fourth-order valence-corrected chi connectivity index (χ4v) is 4.13. The van der Waals surface area contributed by atoms with Crippen molar-refractivity contribution in [1.82, 2.24) is 10.2 Å². The van der Waals surface area contributed by atoms with E-state index in [4.69, 9.17) is 0 Å². The molecule has 0 unspecified atom stereocenters. The summed E-state index contributed by atoms with van der Waals surface area (Å²) in [5.41, 5.74) is 0. The van der Waals surface area contributed by atoms with Gasteiger partial charge in [0.1, 0.15) is 0 Å². The molecule has 3 nitrogen and oxygen atoms in total. The van der Waals surface area contributed by atoms with Crippen LogP contribution in [0.15, 0.2) is 0 Å². The molecule has 0 spiro atoms. The van der Waals surface area contributed by atoms with Crippen molar-refractivity contribution in [3.8, 4) is 0 Å². The summed E-state index contributed by atoms with van der Waals surface area (Å²) in [6.07, 6.45) is 9.57. The van der Waals surface area contributed by atoms with E-state index < -0.39 is 0 Å². The van der Waals surface area contributed by atoms with Crippen LogP contribution >= 0.6 is 11.8 Å². The number of amides is 1. The maximum atomic E-state index is 11.4. The van der Waals surface area contributed by atoms with Crippen molar-refractivity contribution >= 4 is 17.7 Å². The van der Waals surface area contributed by atoms with Crippen LogP contribution in [-0.2, 0) is 4.79 Å². The number of thioether (sulfide) groups is 1. The molecule has 2 fully saturated rings. The molecule has 2 aliphatic rings. The minimum absolute atomic E-state index is 0.202. The average Bonchev–Trinajstić information content (AvgIpc) is 2.35. The molecule has 0 aromatic heterocycles. The van der Waals surface area contributed by atoms with Crippen molar-refractivity contribution in [2.45, 2.75) is 43.3 Å². The van der Waals surface area contributed by atoms with Crippen LogP contribution in [0.4, 0.5) is 0 Å². The first-order valence-electron chi connectivity index (χ1n) is 7.15. The van der Waals surface area contributed by atoms with Crippen LogP contribution < -0.4 is 5.32 Å². The van der Waals surface area contributed by atoms with Gasteiger partial charge in [-0.25, -0.2) is 0 Å². The first kappa shape index (κ1) is 14.2. The minimum Gasteiger partial charge on any atom is -0.359 e. The summed E-state index contributed by atoms with van der Waals surface area (Å²) in [6, 6.07) is 0. The Morgan fingerprint density at radius 1 is 1.39 bits per heavy atom. The Morgan fingerprint density at radius 2 is 2.06 bits per heavy atom. The molecular weight excluding hydrogens is 244 g/mol. The third-order valence-electron chi connectivity index (χ3n) is 4.67. The number of hydrogen-bond donors (Lipinski definition) is 1. The predicted molar refractivity (Wildman–Crippen MR) is 77.9 cm³/mol. The molecule has 1 amide bonds. The first-order valence-corrected chi connectivity index (χ1v) is 8.38. The van der Waals surface area contributed by atoms with E-state index in [0.717, 1.165) is 6.42 Å². The maximum absolute atomic E-state index is 11.4. The molecule has 1 saturated heterocycles. The number of nitrogens with zero attached hydrogens (tertiary/aromatic N) is 1. The Bertz CT molecular complexity index is 278. The zero-order valence-electron chi connectivity index (χ0n) is 11.7. The van der Waals surface area contributed by atoms with Gasteiger partial charge in [0.15, 0.2) is 0 Å². The lowest BCUT2D eigenvalue weighted by molar-refractivity contribution is -0.121. The second-order valence-corrected chi connectivity index (χ2v) is 7.11. The van der Waals surface area contributed by atoms with Crippen molar-refractivity contribution in [3.05, 3.63) is 0 Å². The van der Waals surface area contributed by atoms with Crippen molar-refractivity contribution in [2.75, 3.05) is 32.9 Å². The standard InChI is InChI=1S/C14H26N2OS/c1-15-13(17)10-12-4-8-16(9-5-12)11-14(18-2)6-3-7-14/h12H,3-11H2,1-2H3,(H,15,17). The third-order valence-corrected chi connectivity index (χ3v) is 6.07. The van der Waals surface area contributed by atoms with Crippen LogP contribution in [0.1, 0.15) is 38.5 Å². The lowest BCUT2D eigenvalue weighted by Crippen LogP contribution is -2.48. The van der Waals surface area contributed by atoms with E-state index in [2.05, 4.69) is 28.2 Å². The molecule has 1 heterocycles. The largest absolute Gasteiger partial charge is 0.359 e. The number of piperidine rings is 1. The van der Waals surface area contributed by atoms with Gasteiger partial charge in [-0.2, -0.15) is 11.8 Å². The number of hydrogen-bond acceptors (Lipinski definition) is 3. The Kier molecular flexibility index (Phi) is 4.96. The maximum Gasteiger partial charge on any atom is 0.220 e. The summed E-state index contributed by atoms with van der Waals surface area (Å²) in [5.74, 6) is 0.806. The van der Waals surface area contributed by atoms with Crippen LogP contribution in [0, 0.1) is 5.92 Å². The summed E-state index contributed by atoms with van der Waals surface area (Å²) in [7, 11) is 1.73. The normalized spacial score (nSPS) is 24.6. The lowest BCUT2D eigenvalue weighted by atomic mass is 9.83. The Labute approximate surface area is 115 Å². The number of likely N-dealkylation sites (tertiary alicyclic amines) is 1. The highest BCUT2D eigenvalue weighted by Crippen LogP contribution is 2.43. The molecule has 1 N–H and O–H groups in total. The highest BCUT2D eigenvalue weighted by molar-refractivity contribution is 8.00. The van der Waals surface area contributed by atoms with Crippen LogP contribution in [-0.4, -0.2) is 48.5 Å². The Morgan fingerprint density at radius 3 is 2.50 bits per heavy atom. The van der Waals surface area contributed by atoms with Crippen molar-refractivity contribution in [1.29, 1.82) is 0 Å². The molecule has 0 radical (unpaired) electrons. The lowest BCUT2D eigenvalue weighted by Gasteiger charge is -2.45. The zero-order valence-corrected chi connectivity index (χ0v) is 12.5. The molecular formula is C14H26N2OS. The second kappa shape index (κ2) is 6.29. The van der Waals surface area contributed by atoms with Crippen molar-refractivity contribution in [2.24, 2.45) is 5.92 Å². The van der Waals surface area contributed by atoms with Crippen molar-refractivity contribution < 1.29 is 4.79 Å². The van der Waals surface area contributed by atoms with Crippen LogP contribution in [0.2, 0.25) is 0 Å². The second-order valence-electron chi connectivity index (χ2n) is 5.84. The van der Waals surface area contributed by atoms with E-state index in [1.165, 1.54) is 51.7 Å². The molecule has 0 atom stereocenters. The molecule has 4 heteroatoms. The SMILES string of the molecule is CNC(=O)CC1CCN(CC2(SC)CCC2)CC1. The van der Waals surface area contributed by atoms with E-state index in [9.17, 15) is 4.79 Å². The smallest absolute Gasteiger partial charge is 0.220 e. The van der Waals surface area contributed by atoms with Gasteiger partial charge in [-0.05, 0) is 50.9 Å². The zero-order chi connectivity index (χ0) is 13.0. The van der Waals surface area contributed by atoms with Gasteiger partial charge in [0, 0.05) is 24.8 Å². The quantitative estimate of drug-likeness (QED) is 0.830. The van der Waals surface area contributed by atoms with Gasteiger partial charge in [-0.1, -0.05) is 6.42 Å². The van der Waals surface area contributed by atoms with Gasteiger partial charge < -0.3 is 10.2 Å². The number of carbonyl (C=O) groups excluding carboxylic acids is 1. The number of rotatable bonds is 5. The highest BCUT2D eigenvalue weighted by Gasteiger charge is 2.38. The molecule has 1 saturated carbocycles. The topological polar surface area (TPSA) is 32.3 Å². The number of carbonyl (C=O) groups is 1. The fraction of sp³-hybridized carbons (Fsp3) is 0.929. The van der Waals surface area contributed by atoms with E-state index in [-0.39, 0.29) is 5.91 Å². The summed E-state index contributed by atoms with van der Waals surface area (Å²) >= 11 is 2.06. The van der Waals surface area contributed by atoms with Gasteiger partial charge in [0.05, 0.1) is 0 Å². The Hall–Kier alpha value is -0.220. The van der Waals surface area contributed by atoms with E-state index in [0.29, 0.717) is 10.7 Å². The molecule has 18 heavy (non-hydrogen) atoms. The molecule has 0 aromatic rings. The average molecular weight is 270 g/mol. The molecule has 0 aromatic carbocycles. The van der Waals surface area contributed by atoms with Crippen LogP contribution in [0.3, 0.4) is 0 Å². The molecule has 0 bridgehead atoms. The monoisotopic (exact) mass is 270 g/mol. The third kappa shape index (κ3) is 3.41. The van der Waals surface area contributed by atoms with Gasteiger partial charge in [0.25, 0.3) is 0 Å². The van der Waals surface area contributed by atoms with E-state index >= 15 is 0 Å². The van der Waals surface area contributed by atoms with Crippen LogP contribution in [0.25, 0.3) is 0 Å². The van der Waals surface area contributed by atoms with Gasteiger partial charge >= 0.3 is 0 Å². The summed E-state index contributed by atoms with van der Waals surface area (Å²) in [5, 5.41) is 2.73. The van der Waals surface area contributed by atoms with Crippen LogP contribution in [0.5, 0.6) is 0 Å².